The lowest BCUT2D eigenvalue weighted by Gasteiger charge is -2.23. The molecule has 106 valence electrons. The molecule has 2 N–H and O–H groups in total. The van der Waals surface area contributed by atoms with Gasteiger partial charge < -0.3 is 15.5 Å². The minimum atomic E-state index is 0. The van der Waals surface area contributed by atoms with Gasteiger partial charge in [-0.15, -0.1) is 24.0 Å². The standard InChI is InChI=1S/C13H26N4.HI/c1-16-8-6-7-12(16)11-15-13(14)17-9-4-2-3-5-10-17;/h12H,2-11H2,1H3,(H2,14,15);1H. The smallest absolute Gasteiger partial charge is 0.191 e. The van der Waals surface area contributed by atoms with Crippen LogP contribution in [-0.4, -0.2) is 55.0 Å². The number of aliphatic imine (C=N–C) groups is 1. The first-order valence-corrected chi connectivity index (χ1v) is 7.02. The topological polar surface area (TPSA) is 44.9 Å². The second-order valence-electron chi connectivity index (χ2n) is 5.38. The molecule has 0 aromatic heterocycles. The first kappa shape index (κ1) is 16.0. The summed E-state index contributed by atoms with van der Waals surface area (Å²) in [5.74, 6) is 0.771. The number of hydrogen-bond acceptors (Lipinski definition) is 2. The van der Waals surface area contributed by atoms with Gasteiger partial charge in [0.1, 0.15) is 0 Å². The van der Waals surface area contributed by atoms with E-state index in [9.17, 15) is 0 Å². The van der Waals surface area contributed by atoms with Gasteiger partial charge in [-0.2, -0.15) is 0 Å². The van der Waals surface area contributed by atoms with Crippen molar-refractivity contribution in [3.63, 3.8) is 0 Å². The molecule has 2 fully saturated rings. The molecule has 0 bridgehead atoms. The first-order valence-electron chi connectivity index (χ1n) is 7.02. The number of likely N-dealkylation sites (N-methyl/N-ethyl adjacent to an activating group) is 1. The van der Waals surface area contributed by atoms with E-state index in [1.807, 2.05) is 0 Å². The average Bonchev–Trinajstić information content (AvgIpc) is 2.58. The summed E-state index contributed by atoms with van der Waals surface area (Å²) in [6.45, 7) is 4.27. The fourth-order valence-corrected chi connectivity index (χ4v) is 2.81. The Balaban J connectivity index is 0.00000162. The molecule has 2 rings (SSSR count). The molecule has 0 radical (unpaired) electrons. The monoisotopic (exact) mass is 366 g/mol. The van der Waals surface area contributed by atoms with E-state index in [2.05, 4.69) is 21.8 Å². The zero-order chi connectivity index (χ0) is 12.1. The summed E-state index contributed by atoms with van der Waals surface area (Å²) in [5, 5.41) is 0. The molecule has 1 unspecified atom stereocenters. The van der Waals surface area contributed by atoms with E-state index >= 15 is 0 Å². The van der Waals surface area contributed by atoms with Crippen LogP contribution in [0.4, 0.5) is 0 Å². The molecule has 2 aliphatic rings. The Morgan fingerprint density at radius 3 is 2.33 bits per heavy atom. The van der Waals surface area contributed by atoms with E-state index in [0.717, 1.165) is 25.6 Å². The maximum absolute atomic E-state index is 6.10. The molecule has 0 amide bonds. The summed E-state index contributed by atoms with van der Waals surface area (Å²) in [4.78, 5) is 9.27. The summed E-state index contributed by atoms with van der Waals surface area (Å²) in [6, 6.07) is 0.612. The molecule has 0 spiro atoms. The fraction of sp³-hybridized carbons (Fsp3) is 0.923. The summed E-state index contributed by atoms with van der Waals surface area (Å²) in [6.07, 6.45) is 7.79. The molecule has 2 aliphatic heterocycles. The van der Waals surface area contributed by atoms with E-state index in [0.29, 0.717) is 6.04 Å². The Labute approximate surface area is 128 Å². The quantitative estimate of drug-likeness (QED) is 0.461. The molecule has 4 nitrogen and oxygen atoms in total. The van der Waals surface area contributed by atoms with Crippen LogP contribution >= 0.6 is 24.0 Å². The van der Waals surface area contributed by atoms with Crippen molar-refractivity contribution in [2.45, 2.75) is 44.6 Å². The highest BCUT2D eigenvalue weighted by Crippen LogP contribution is 2.15. The molecule has 0 aromatic carbocycles. The van der Waals surface area contributed by atoms with Crippen molar-refractivity contribution >= 4 is 29.9 Å². The first-order chi connectivity index (χ1) is 8.27. The summed E-state index contributed by atoms with van der Waals surface area (Å²) >= 11 is 0. The van der Waals surface area contributed by atoms with Gasteiger partial charge in [0.25, 0.3) is 0 Å². The molecule has 2 heterocycles. The summed E-state index contributed by atoms with van der Waals surface area (Å²) in [7, 11) is 2.19. The average molecular weight is 366 g/mol. The van der Waals surface area contributed by atoms with Crippen molar-refractivity contribution in [3.05, 3.63) is 0 Å². The van der Waals surface area contributed by atoms with E-state index in [-0.39, 0.29) is 24.0 Å². The number of rotatable bonds is 2. The fourth-order valence-electron chi connectivity index (χ4n) is 2.81. The van der Waals surface area contributed by atoms with Crippen LogP contribution in [-0.2, 0) is 0 Å². The van der Waals surface area contributed by atoms with Crippen molar-refractivity contribution in [1.82, 2.24) is 9.80 Å². The highest BCUT2D eigenvalue weighted by atomic mass is 127. The molecule has 5 heteroatoms. The zero-order valence-electron chi connectivity index (χ0n) is 11.5. The second-order valence-corrected chi connectivity index (χ2v) is 5.38. The molecule has 18 heavy (non-hydrogen) atoms. The number of nitrogens with zero attached hydrogens (tertiary/aromatic N) is 3. The lowest BCUT2D eigenvalue weighted by molar-refractivity contribution is 0.316. The third-order valence-electron chi connectivity index (χ3n) is 4.07. The van der Waals surface area contributed by atoms with E-state index in [1.54, 1.807) is 0 Å². The predicted molar refractivity (Wildman–Crippen MR) is 87.6 cm³/mol. The molecular formula is C13H27IN4. The number of nitrogens with two attached hydrogens (primary N) is 1. The van der Waals surface area contributed by atoms with Crippen LogP contribution in [0.3, 0.4) is 0 Å². The molecule has 0 aromatic rings. The molecule has 2 saturated heterocycles. The molecule has 0 saturated carbocycles. The Hall–Kier alpha value is -0.0400. The Morgan fingerprint density at radius 2 is 1.78 bits per heavy atom. The number of halogens is 1. The van der Waals surface area contributed by atoms with Gasteiger partial charge in [-0.05, 0) is 39.3 Å². The van der Waals surface area contributed by atoms with E-state index in [1.165, 1.54) is 45.1 Å². The Kier molecular flexibility index (Phi) is 7.29. The Bertz CT molecular complexity index is 262. The van der Waals surface area contributed by atoms with Gasteiger partial charge in [-0.25, -0.2) is 0 Å². The molecular weight excluding hydrogens is 339 g/mol. The third kappa shape index (κ3) is 4.57. The van der Waals surface area contributed by atoms with Crippen molar-refractivity contribution in [2.75, 3.05) is 33.2 Å². The van der Waals surface area contributed by atoms with Gasteiger partial charge in [0, 0.05) is 19.1 Å². The normalized spacial score (nSPS) is 26.8. The van der Waals surface area contributed by atoms with Gasteiger partial charge >= 0.3 is 0 Å². The predicted octanol–water partition coefficient (Wildman–Crippen LogP) is 1.89. The van der Waals surface area contributed by atoms with E-state index in [4.69, 9.17) is 5.73 Å². The Morgan fingerprint density at radius 1 is 1.11 bits per heavy atom. The molecule has 1 atom stereocenters. The van der Waals surface area contributed by atoms with Gasteiger partial charge in [-0.3, -0.25) is 4.99 Å². The largest absolute Gasteiger partial charge is 0.370 e. The van der Waals surface area contributed by atoms with Crippen LogP contribution in [0.5, 0.6) is 0 Å². The van der Waals surface area contributed by atoms with Crippen LogP contribution < -0.4 is 5.73 Å². The van der Waals surface area contributed by atoms with Crippen LogP contribution in [0.2, 0.25) is 0 Å². The number of hydrogen-bond donors (Lipinski definition) is 1. The van der Waals surface area contributed by atoms with Crippen molar-refractivity contribution in [2.24, 2.45) is 10.7 Å². The minimum absolute atomic E-state index is 0. The van der Waals surface area contributed by atoms with Crippen molar-refractivity contribution in [3.8, 4) is 0 Å². The maximum Gasteiger partial charge on any atom is 0.191 e. The maximum atomic E-state index is 6.10. The lowest BCUT2D eigenvalue weighted by Crippen LogP contribution is -2.39. The van der Waals surface area contributed by atoms with Crippen LogP contribution in [0.1, 0.15) is 38.5 Å². The van der Waals surface area contributed by atoms with Gasteiger partial charge in [0.05, 0.1) is 6.54 Å². The highest BCUT2D eigenvalue weighted by Gasteiger charge is 2.20. The highest BCUT2D eigenvalue weighted by molar-refractivity contribution is 14.0. The second kappa shape index (κ2) is 8.19. The lowest BCUT2D eigenvalue weighted by atomic mass is 10.2. The van der Waals surface area contributed by atoms with Crippen molar-refractivity contribution < 1.29 is 0 Å². The van der Waals surface area contributed by atoms with Crippen molar-refractivity contribution in [1.29, 1.82) is 0 Å². The van der Waals surface area contributed by atoms with Crippen LogP contribution in [0.15, 0.2) is 4.99 Å². The van der Waals surface area contributed by atoms with E-state index < -0.39 is 0 Å². The van der Waals surface area contributed by atoms with Gasteiger partial charge in [-0.1, -0.05) is 12.8 Å². The van der Waals surface area contributed by atoms with Gasteiger partial charge in [0.15, 0.2) is 5.96 Å². The van der Waals surface area contributed by atoms with Crippen LogP contribution in [0, 0.1) is 0 Å². The van der Waals surface area contributed by atoms with Crippen LogP contribution in [0.25, 0.3) is 0 Å². The summed E-state index contributed by atoms with van der Waals surface area (Å²) < 4.78 is 0. The molecule has 0 aliphatic carbocycles. The summed E-state index contributed by atoms with van der Waals surface area (Å²) in [5.41, 5.74) is 6.10. The van der Waals surface area contributed by atoms with Gasteiger partial charge in [0.2, 0.25) is 0 Å². The SMILES string of the molecule is CN1CCCC1CN=C(N)N1CCCCCC1.I. The third-order valence-corrected chi connectivity index (χ3v) is 4.07. The zero-order valence-corrected chi connectivity index (χ0v) is 13.8. The number of likely N-dealkylation sites (tertiary alicyclic amines) is 2. The minimum Gasteiger partial charge on any atom is -0.370 e. The number of guanidine groups is 1.